The van der Waals surface area contributed by atoms with Gasteiger partial charge >= 0.3 is 6.18 Å². The van der Waals surface area contributed by atoms with E-state index in [2.05, 4.69) is 15.6 Å². The third-order valence-corrected chi connectivity index (χ3v) is 3.19. The van der Waals surface area contributed by atoms with Crippen LogP contribution in [0.3, 0.4) is 0 Å². The highest BCUT2D eigenvalue weighted by molar-refractivity contribution is 5.94. The molecular formula is C17H18F3N3O. The Morgan fingerprint density at radius 1 is 0.958 bits per heavy atom. The predicted molar refractivity (Wildman–Crippen MR) is 87.0 cm³/mol. The van der Waals surface area contributed by atoms with Crippen LogP contribution in [0.2, 0.25) is 0 Å². The number of alkyl halides is 3. The summed E-state index contributed by atoms with van der Waals surface area (Å²) in [5, 5.41) is 5.64. The highest BCUT2D eigenvalue weighted by atomic mass is 19.4. The molecule has 1 aromatic carbocycles. The number of pyridine rings is 1. The van der Waals surface area contributed by atoms with E-state index in [1.165, 1.54) is 18.3 Å². The molecule has 0 atom stereocenters. The van der Waals surface area contributed by atoms with Gasteiger partial charge in [0.1, 0.15) is 5.82 Å². The number of nitrogens with zero attached hydrogens (tertiary/aromatic N) is 1. The maximum Gasteiger partial charge on any atom is 0.416 e. The first-order valence-electron chi connectivity index (χ1n) is 7.27. The van der Waals surface area contributed by atoms with Crippen LogP contribution in [0.25, 0.3) is 0 Å². The number of carbonyl (C=O) groups excluding carboxylic acids is 1. The minimum atomic E-state index is -4.36. The third-order valence-electron chi connectivity index (χ3n) is 3.19. The molecule has 1 heterocycles. The number of carbonyl (C=O) groups is 1. The fraction of sp³-hybridized carbons (Fsp3) is 0.294. The average molecular weight is 337 g/mol. The summed E-state index contributed by atoms with van der Waals surface area (Å²) in [7, 11) is 0. The Hall–Kier alpha value is -2.57. The van der Waals surface area contributed by atoms with Crippen molar-refractivity contribution in [3.63, 3.8) is 0 Å². The molecule has 0 unspecified atom stereocenters. The van der Waals surface area contributed by atoms with Gasteiger partial charge in [-0.2, -0.15) is 13.2 Å². The number of rotatable bonds is 3. The number of nitrogens with one attached hydrogen (secondary N) is 2. The van der Waals surface area contributed by atoms with E-state index in [-0.39, 0.29) is 5.91 Å². The lowest BCUT2D eigenvalue weighted by Crippen LogP contribution is -2.27. The Kier molecular flexibility index (Phi) is 4.82. The van der Waals surface area contributed by atoms with Crippen LogP contribution in [0.1, 0.15) is 26.3 Å². The molecule has 1 aromatic heterocycles. The molecule has 24 heavy (non-hydrogen) atoms. The number of hydrogen-bond donors (Lipinski definition) is 2. The Balaban J connectivity index is 2.03. The van der Waals surface area contributed by atoms with Crippen molar-refractivity contribution in [2.24, 2.45) is 5.41 Å². The summed E-state index contributed by atoms with van der Waals surface area (Å²) in [4.78, 5) is 16.0. The Morgan fingerprint density at radius 3 is 2.00 bits per heavy atom. The van der Waals surface area contributed by atoms with Crippen LogP contribution in [0.5, 0.6) is 0 Å². The first kappa shape index (κ1) is 17.8. The van der Waals surface area contributed by atoms with Crippen LogP contribution in [-0.2, 0) is 11.0 Å². The minimum Gasteiger partial charge on any atom is -0.340 e. The van der Waals surface area contributed by atoms with Gasteiger partial charge in [0.2, 0.25) is 5.91 Å². The molecule has 0 aliphatic rings. The van der Waals surface area contributed by atoms with Crippen LogP contribution in [0.4, 0.5) is 30.4 Å². The summed E-state index contributed by atoms with van der Waals surface area (Å²) in [5.41, 5.74) is -0.187. The van der Waals surface area contributed by atoms with E-state index in [4.69, 9.17) is 0 Å². The molecule has 0 spiro atoms. The SMILES string of the molecule is CC(C)(C)C(=O)Nc1ccc(Nc2ccc(C(F)(F)F)cc2)nc1. The van der Waals surface area contributed by atoms with E-state index in [0.717, 1.165) is 12.1 Å². The Bertz CT molecular complexity index is 702. The summed E-state index contributed by atoms with van der Waals surface area (Å²) in [6.45, 7) is 5.41. The summed E-state index contributed by atoms with van der Waals surface area (Å²) >= 11 is 0. The van der Waals surface area contributed by atoms with Crippen LogP contribution in [-0.4, -0.2) is 10.9 Å². The molecule has 0 aliphatic heterocycles. The zero-order valence-electron chi connectivity index (χ0n) is 13.5. The topological polar surface area (TPSA) is 54.0 Å². The summed E-state index contributed by atoms with van der Waals surface area (Å²) < 4.78 is 37.5. The van der Waals surface area contributed by atoms with Crippen LogP contribution >= 0.6 is 0 Å². The second kappa shape index (κ2) is 6.51. The summed E-state index contributed by atoms with van der Waals surface area (Å²) in [6, 6.07) is 7.97. The summed E-state index contributed by atoms with van der Waals surface area (Å²) in [6.07, 6.45) is -2.88. The lowest BCUT2D eigenvalue weighted by Gasteiger charge is -2.17. The molecule has 0 aliphatic carbocycles. The molecule has 7 heteroatoms. The number of anilines is 3. The molecule has 2 aromatic rings. The highest BCUT2D eigenvalue weighted by Crippen LogP contribution is 2.30. The maximum absolute atomic E-state index is 12.5. The van der Waals surface area contributed by atoms with Crippen molar-refractivity contribution < 1.29 is 18.0 Å². The first-order valence-corrected chi connectivity index (χ1v) is 7.27. The van der Waals surface area contributed by atoms with Crippen molar-refractivity contribution in [3.8, 4) is 0 Å². The number of halogens is 3. The Labute approximate surface area is 138 Å². The zero-order chi connectivity index (χ0) is 18.0. The van der Waals surface area contributed by atoms with Gasteiger partial charge in [-0.1, -0.05) is 20.8 Å². The monoisotopic (exact) mass is 337 g/mol. The second-order valence-electron chi connectivity index (χ2n) is 6.34. The first-order chi connectivity index (χ1) is 11.1. The molecule has 0 radical (unpaired) electrons. The lowest BCUT2D eigenvalue weighted by molar-refractivity contribution is -0.137. The molecule has 0 fully saturated rings. The van der Waals surface area contributed by atoms with Crippen molar-refractivity contribution in [3.05, 3.63) is 48.2 Å². The molecule has 1 amide bonds. The van der Waals surface area contributed by atoms with Crippen LogP contribution < -0.4 is 10.6 Å². The highest BCUT2D eigenvalue weighted by Gasteiger charge is 2.29. The van der Waals surface area contributed by atoms with Crippen molar-refractivity contribution >= 4 is 23.1 Å². The van der Waals surface area contributed by atoms with Crippen molar-refractivity contribution in [1.29, 1.82) is 0 Å². The number of hydrogen-bond acceptors (Lipinski definition) is 3. The van der Waals surface area contributed by atoms with E-state index >= 15 is 0 Å². The third kappa shape index (κ3) is 4.71. The second-order valence-corrected chi connectivity index (χ2v) is 6.34. The van der Waals surface area contributed by atoms with E-state index < -0.39 is 17.2 Å². The summed E-state index contributed by atoms with van der Waals surface area (Å²) in [5.74, 6) is 0.330. The molecule has 128 valence electrons. The number of amides is 1. The zero-order valence-corrected chi connectivity index (χ0v) is 13.5. The molecule has 0 saturated heterocycles. The minimum absolute atomic E-state index is 0.132. The largest absolute Gasteiger partial charge is 0.416 e. The van der Waals surface area contributed by atoms with Gasteiger partial charge in [0, 0.05) is 11.1 Å². The van der Waals surface area contributed by atoms with Crippen LogP contribution in [0.15, 0.2) is 42.6 Å². The van der Waals surface area contributed by atoms with Gasteiger partial charge < -0.3 is 10.6 Å². The van der Waals surface area contributed by atoms with Gasteiger partial charge in [-0.15, -0.1) is 0 Å². The standard InChI is InChI=1S/C17H18F3N3O/c1-16(2,3)15(24)23-13-8-9-14(21-10-13)22-12-6-4-11(5-7-12)17(18,19)20/h4-10H,1-3H3,(H,21,22)(H,23,24). The van der Waals surface area contributed by atoms with E-state index in [9.17, 15) is 18.0 Å². The lowest BCUT2D eigenvalue weighted by atomic mass is 9.96. The number of aromatic nitrogens is 1. The van der Waals surface area contributed by atoms with Crippen molar-refractivity contribution in [2.75, 3.05) is 10.6 Å². The van der Waals surface area contributed by atoms with Crippen LogP contribution in [0, 0.1) is 5.41 Å². The molecule has 0 bridgehead atoms. The Morgan fingerprint density at radius 2 is 1.54 bits per heavy atom. The predicted octanol–water partition coefficient (Wildman–Crippen LogP) is 4.83. The van der Waals surface area contributed by atoms with Crippen molar-refractivity contribution in [1.82, 2.24) is 4.98 Å². The van der Waals surface area contributed by atoms with E-state index in [1.807, 2.05) is 0 Å². The number of benzene rings is 1. The van der Waals surface area contributed by atoms with Gasteiger partial charge in [0.15, 0.2) is 0 Å². The normalized spacial score (nSPS) is 11.9. The van der Waals surface area contributed by atoms with Gasteiger partial charge in [-0.3, -0.25) is 4.79 Å². The average Bonchev–Trinajstić information content (AvgIpc) is 2.48. The molecule has 2 rings (SSSR count). The molecule has 0 saturated carbocycles. The molecule has 4 nitrogen and oxygen atoms in total. The van der Waals surface area contributed by atoms with E-state index in [1.54, 1.807) is 32.9 Å². The smallest absolute Gasteiger partial charge is 0.340 e. The van der Waals surface area contributed by atoms with Gasteiger partial charge in [0.25, 0.3) is 0 Å². The fourth-order valence-corrected chi connectivity index (χ4v) is 1.75. The van der Waals surface area contributed by atoms with Gasteiger partial charge in [0.05, 0.1) is 17.4 Å². The van der Waals surface area contributed by atoms with Gasteiger partial charge in [-0.25, -0.2) is 4.98 Å². The van der Waals surface area contributed by atoms with Gasteiger partial charge in [-0.05, 0) is 36.4 Å². The molecular weight excluding hydrogens is 319 g/mol. The molecule has 2 N–H and O–H groups in total. The fourth-order valence-electron chi connectivity index (χ4n) is 1.75. The van der Waals surface area contributed by atoms with Crippen molar-refractivity contribution in [2.45, 2.75) is 26.9 Å². The maximum atomic E-state index is 12.5. The van der Waals surface area contributed by atoms with E-state index in [0.29, 0.717) is 17.2 Å². The quantitative estimate of drug-likeness (QED) is 0.843.